The van der Waals surface area contributed by atoms with Crippen LogP contribution in [0.4, 0.5) is 5.95 Å². The Hall–Kier alpha value is -3.72. The van der Waals surface area contributed by atoms with Crippen molar-refractivity contribution in [3.05, 3.63) is 66.3 Å². The van der Waals surface area contributed by atoms with E-state index in [1.165, 1.54) is 17.4 Å². The minimum atomic E-state index is -0.186. The number of fused-ring (bicyclic) bond motifs is 1. The zero-order valence-electron chi connectivity index (χ0n) is 19.0. The van der Waals surface area contributed by atoms with Crippen LogP contribution in [0.25, 0.3) is 21.5 Å². The van der Waals surface area contributed by atoms with E-state index in [1.54, 1.807) is 10.9 Å². The lowest BCUT2D eigenvalue weighted by Gasteiger charge is -2.21. The molecule has 1 aliphatic rings. The third kappa shape index (κ3) is 4.26. The fourth-order valence-electron chi connectivity index (χ4n) is 4.52. The van der Waals surface area contributed by atoms with E-state index in [1.807, 2.05) is 54.5 Å². The number of imidazole rings is 1. The summed E-state index contributed by atoms with van der Waals surface area (Å²) in [4.78, 5) is 33.5. The first kappa shape index (κ1) is 22.1. The second-order valence-corrected chi connectivity index (χ2v) is 9.51. The number of rotatable bonds is 5. The van der Waals surface area contributed by atoms with Crippen molar-refractivity contribution < 1.29 is 9.59 Å². The highest BCUT2D eigenvalue weighted by Gasteiger charge is 2.25. The summed E-state index contributed by atoms with van der Waals surface area (Å²) in [6.07, 6.45) is 7.66. The van der Waals surface area contributed by atoms with Gasteiger partial charge in [-0.05, 0) is 49.6 Å². The summed E-state index contributed by atoms with van der Waals surface area (Å²) in [5.41, 5.74) is 2.80. The third-order valence-corrected chi connectivity index (χ3v) is 7.32. The van der Waals surface area contributed by atoms with Gasteiger partial charge in [-0.15, -0.1) is 11.3 Å². The molecule has 0 aliphatic carbocycles. The van der Waals surface area contributed by atoms with Crippen LogP contribution < -0.4 is 5.32 Å². The smallest absolute Gasteiger partial charge is 0.268 e. The van der Waals surface area contributed by atoms with Gasteiger partial charge in [0.05, 0.1) is 22.1 Å². The van der Waals surface area contributed by atoms with Gasteiger partial charge in [-0.1, -0.05) is 18.7 Å². The molecule has 1 atom stereocenters. The number of nitrogens with one attached hydrogen (secondary N) is 1. The SMILES string of the molecule is C=CC(=O)N1CCC[C@@H](n2c(NC(=O)c3ccc(-c4cnn(C)c4)s3)nc3ccccc32)CC1. The molecule has 3 aromatic heterocycles. The lowest BCUT2D eigenvalue weighted by atomic mass is 10.1. The van der Waals surface area contributed by atoms with Gasteiger partial charge in [-0.3, -0.25) is 19.6 Å². The molecule has 8 nitrogen and oxygen atoms in total. The summed E-state index contributed by atoms with van der Waals surface area (Å²) >= 11 is 1.43. The van der Waals surface area contributed by atoms with E-state index in [9.17, 15) is 9.59 Å². The van der Waals surface area contributed by atoms with Crippen LogP contribution in [-0.4, -0.2) is 49.1 Å². The number of aryl methyl sites for hydroxylation is 1. The topological polar surface area (TPSA) is 85.0 Å². The first-order valence-electron chi connectivity index (χ1n) is 11.3. The number of aromatic nitrogens is 4. The molecule has 5 rings (SSSR count). The maximum atomic E-state index is 13.2. The number of carbonyl (C=O) groups is 2. The van der Waals surface area contributed by atoms with E-state index in [-0.39, 0.29) is 17.9 Å². The highest BCUT2D eigenvalue weighted by molar-refractivity contribution is 7.17. The van der Waals surface area contributed by atoms with Crippen molar-refractivity contribution in [2.75, 3.05) is 18.4 Å². The van der Waals surface area contributed by atoms with Crippen molar-refractivity contribution >= 4 is 40.1 Å². The van der Waals surface area contributed by atoms with Crippen molar-refractivity contribution in [1.82, 2.24) is 24.2 Å². The molecule has 34 heavy (non-hydrogen) atoms. The second kappa shape index (κ2) is 9.26. The number of benzene rings is 1. The lowest BCUT2D eigenvalue weighted by Crippen LogP contribution is -2.30. The molecule has 4 aromatic rings. The van der Waals surface area contributed by atoms with E-state index in [2.05, 4.69) is 21.6 Å². The molecule has 1 aromatic carbocycles. The van der Waals surface area contributed by atoms with Crippen LogP contribution in [0.3, 0.4) is 0 Å². The van der Waals surface area contributed by atoms with Crippen LogP contribution >= 0.6 is 11.3 Å². The summed E-state index contributed by atoms with van der Waals surface area (Å²) in [7, 11) is 1.87. The van der Waals surface area contributed by atoms with Gasteiger partial charge >= 0.3 is 0 Å². The van der Waals surface area contributed by atoms with Gasteiger partial charge in [0.15, 0.2) is 0 Å². The Morgan fingerprint density at radius 3 is 2.82 bits per heavy atom. The number of anilines is 1. The predicted octanol–water partition coefficient (Wildman–Crippen LogP) is 4.49. The molecule has 1 aliphatic heterocycles. The average molecular weight is 475 g/mol. The van der Waals surface area contributed by atoms with Crippen molar-refractivity contribution in [3.63, 3.8) is 0 Å². The average Bonchev–Trinajstić information content (AvgIpc) is 3.53. The molecule has 1 saturated heterocycles. The van der Waals surface area contributed by atoms with E-state index >= 15 is 0 Å². The molecule has 4 heterocycles. The Morgan fingerprint density at radius 2 is 2.03 bits per heavy atom. The molecule has 174 valence electrons. The van der Waals surface area contributed by atoms with Crippen LogP contribution in [0, 0.1) is 0 Å². The minimum Gasteiger partial charge on any atom is -0.339 e. The van der Waals surface area contributed by atoms with Crippen LogP contribution in [0.1, 0.15) is 35.0 Å². The van der Waals surface area contributed by atoms with Gasteiger partial charge in [0.25, 0.3) is 5.91 Å². The maximum absolute atomic E-state index is 13.2. The zero-order valence-corrected chi connectivity index (χ0v) is 19.8. The largest absolute Gasteiger partial charge is 0.339 e. The summed E-state index contributed by atoms with van der Waals surface area (Å²) < 4.78 is 3.87. The highest BCUT2D eigenvalue weighted by atomic mass is 32.1. The van der Waals surface area contributed by atoms with Crippen molar-refractivity contribution in [1.29, 1.82) is 0 Å². The molecule has 9 heteroatoms. The number of likely N-dealkylation sites (tertiary alicyclic amines) is 1. The normalized spacial score (nSPS) is 16.4. The molecule has 0 radical (unpaired) electrons. The van der Waals surface area contributed by atoms with E-state index in [0.717, 1.165) is 40.7 Å². The number of hydrogen-bond acceptors (Lipinski definition) is 5. The number of hydrogen-bond donors (Lipinski definition) is 1. The van der Waals surface area contributed by atoms with Crippen molar-refractivity contribution in [2.45, 2.75) is 25.3 Å². The van der Waals surface area contributed by atoms with Gasteiger partial charge in [-0.25, -0.2) is 4.98 Å². The highest BCUT2D eigenvalue weighted by Crippen LogP contribution is 2.32. The molecular weight excluding hydrogens is 448 g/mol. The standard InChI is InChI=1S/C25H26N6O2S/c1-3-23(32)30-13-6-7-18(12-14-30)31-20-9-5-4-8-19(20)27-25(31)28-24(33)22-11-10-21(34-22)17-15-26-29(2)16-17/h3-5,8-11,15-16,18H,1,6-7,12-14H2,2H3,(H,27,28,33)/t18-/m1/s1. The van der Waals surface area contributed by atoms with E-state index in [0.29, 0.717) is 23.9 Å². The quantitative estimate of drug-likeness (QED) is 0.432. The molecule has 2 amide bonds. The van der Waals surface area contributed by atoms with Gasteiger partial charge in [0.2, 0.25) is 11.9 Å². The van der Waals surface area contributed by atoms with Crippen molar-refractivity contribution in [3.8, 4) is 10.4 Å². The fraction of sp³-hybridized carbons (Fsp3) is 0.280. The minimum absolute atomic E-state index is 0.0354. The summed E-state index contributed by atoms with van der Waals surface area (Å²) in [6.45, 7) is 4.97. The van der Waals surface area contributed by atoms with Gasteiger partial charge in [-0.2, -0.15) is 5.10 Å². The van der Waals surface area contributed by atoms with Crippen LogP contribution in [0.2, 0.25) is 0 Å². The van der Waals surface area contributed by atoms with Gasteiger partial charge in [0, 0.05) is 42.8 Å². The third-order valence-electron chi connectivity index (χ3n) is 6.19. The van der Waals surface area contributed by atoms with E-state index < -0.39 is 0 Å². The Morgan fingerprint density at radius 1 is 1.18 bits per heavy atom. The van der Waals surface area contributed by atoms with Gasteiger partial charge in [0.1, 0.15) is 0 Å². The second-order valence-electron chi connectivity index (χ2n) is 8.43. The van der Waals surface area contributed by atoms with Crippen LogP contribution in [-0.2, 0) is 11.8 Å². The van der Waals surface area contributed by atoms with E-state index in [4.69, 9.17) is 4.98 Å². The molecule has 0 saturated carbocycles. The fourth-order valence-corrected chi connectivity index (χ4v) is 5.39. The Balaban J connectivity index is 1.42. The predicted molar refractivity (Wildman–Crippen MR) is 134 cm³/mol. The Labute approximate surface area is 201 Å². The number of amides is 2. The first-order chi connectivity index (χ1) is 16.5. The molecule has 0 unspecified atom stereocenters. The molecule has 0 spiro atoms. The van der Waals surface area contributed by atoms with Crippen LogP contribution in [0.5, 0.6) is 0 Å². The summed E-state index contributed by atoms with van der Waals surface area (Å²) in [6, 6.07) is 11.8. The van der Waals surface area contributed by atoms with Crippen LogP contribution in [0.15, 0.2) is 61.4 Å². The van der Waals surface area contributed by atoms with Gasteiger partial charge < -0.3 is 9.47 Å². The number of nitrogens with zero attached hydrogens (tertiary/aromatic N) is 5. The van der Waals surface area contributed by atoms with Crippen molar-refractivity contribution in [2.24, 2.45) is 7.05 Å². The first-order valence-corrected chi connectivity index (χ1v) is 12.1. The zero-order chi connectivity index (χ0) is 23.7. The monoisotopic (exact) mass is 474 g/mol. The Bertz CT molecular complexity index is 1370. The molecule has 1 fully saturated rings. The molecular formula is C25H26N6O2S. The lowest BCUT2D eigenvalue weighted by molar-refractivity contribution is -0.125. The number of carbonyl (C=O) groups excluding carboxylic acids is 2. The number of thiophene rings is 1. The Kier molecular flexibility index (Phi) is 6.02. The summed E-state index contributed by atoms with van der Waals surface area (Å²) in [5, 5.41) is 7.27. The molecule has 1 N–H and O–H groups in total. The maximum Gasteiger partial charge on any atom is 0.268 e. The number of para-hydroxylation sites is 2. The summed E-state index contributed by atoms with van der Waals surface area (Å²) in [5.74, 6) is 0.316. The molecule has 0 bridgehead atoms.